The molecule has 0 saturated heterocycles. The Labute approximate surface area is 292 Å². The Balaban J connectivity index is 1.12. The first kappa shape index (κ1) is 28.6. The van der Waals surface area contributed by atoms with Crippen LogP contribution in [0, 0.1) is 0 Å². The van der Waals surface area contributed by atoms with E-state index in [-0.39, 0.29) is 5.92 Å². The minimum absolute atomic E-state index is 0.126. The average molecular weight is 636 g/mol. The molecule has 1 heteroatoms. The highest BCUT2D eigenvalue weighted by Gasteiger charge is 2.29. The first-order chi connectivity index (χ1) is 24.8. The van der Waals surface area contributed by atoms with Gasteiger partial charge in [-0.25, -0.2) is 0 Å². The lowest BCUT2D eigenvalue weighted by Gasteiger charge is -2.31. The Morgan fingerprint density at radius 2 is 0.960 bits per heavy atom. The molecule has 1 unspecified atom stereocenters. The van der Waals surface area contributed by atoms with Crippen molar-refractivity contribution in [2.45, 2.75) is 5.92 Å². The van der Waals surface area contributed by atoms with Crippen LogP contribution in [0.3, 0.4) is 0 Å². The molecule has 0 spiro atoms. The molecule has 10 rings (SSSR count). The molecule has 9 aromatic rings. The van der Waals surface area contributed by atoms with Gasteiger partial charge in [0.05, 0.1) is 0 Å². The standard InChI is InChI=1S/C49H33N/c1-2-10-33(11-3-1)35-20-26-40(27-21-35)50(42-30-22-34-12-4-5-14-39(34)32-42)41-28-23-38(24-29-41)48-44-18-8-15-37-16-9-19-45(47(37)44)49-43-17-7-6-13-36(43)25-31-46(48)49/h1-32,48H. The third-order valence-corrected chi connectivity index (χ3v) is 10.5. The van der Waals surface area contributed by atoms with Crippen molar-refractivity contribution in [2.24, 2.45) is 0 Å². The summed E-state index contributed by atoms with van der Waals surface area (Å²) in [6.07, 6.45) is 0. The normalized spacial score (nSPS) is 13.4. The monoisotopic (exact) mass is 635 g/mol. The van der Waals surface area contributed by atoms with Crippen LogP contribution >= 0.6 is 0 Å². The molecule has 0 aromatic heterocycles. The number of anilines is 3. The van der Waals surface area contributed by atoms with E-state index >= 15 is 0 Å². The van der Waals surface area contributed by atoms with Crippen LogP contribution < -0.4 is 4.90 Å². The van der Waals surface area contributed by atoms with Crippen molar-refractivity contribution in [3.05, 3.63) is 211 Å². The first-order valence-electron chi connectivity index (χ1n) is 17.4. The molecule has 1 aliphatic rings. The van der Waals surface area contributed by atoms with Gasteiger partial charge >= 0.3 is 0 Å². The quantitative estimate of drug-likeness (QED) is 0.182. The summed E-state index contributed by atoms with van der Waals surface area (Å²) >= 11 is 0. The second kappa shape index (κ2) is 11.6. The van der Waals surface area contributed by atoms with E-state index in [1.165, 1.54) is 71.3 Å². The van der Waals surface area contributed by atoms with Crippen molar-refractivity contribution in [2.75, 3.05) is 4.90 Å². The van der Waals surface area contributed by atoms with Gasteiger partial charge in [-0.15, -0.1) is 0 Å². The van der Waals surface area contributed by atoms with Crippen LogP contribution in [0.25, 0.3) is 54.6 Å². The second-order valence-corrected chi connectivity index (χ2v) is 13.3. The summed E-state index contributed by atoms with van der Waals surface area (Å²) in [5.41, 5.74) is 12.5. The Morgan fingerprint density at radius 1 is 0.360 bits per heavy atom. The molecule has 50 heavy (non-hydrogen) atoms. The van der Waals surface area contributed by atoms with Crippen LogP contribution in [0.5, 0.6) is 0 Å². The lowest BCUT2D eigenvalue weighted by molar-refractivity contribution is 0.985. The van der Waals surface area contributed by atoms with Gasteiger partial charge < -0.3 is 4.90 Å². The SMILES string of the molecule is c1ccc(-c2ccc(N(c3ccc(C4c5ccc6ccccc6c5-c5cccc6cccc4c56)cc3)c3ccc4ccccc4c3)cc2)cc1. The topological polar surface area (TPSA) is 3.24 Å². The van der Waals surface area contributed by atoms with Gasteiger partial charge in [-0.2, -0.15) is 0 Å². The van der Waals surface area contributed by atoms with Gasteiger partial charge in [-0.1, -0.05) is 158 Å². The maximum absolute atomic E-state index is 2.38. The summed E-state index contributed by atoms with van der Waals surface area (Å²) in [6, 6.07) is 71.2. The van der Waals surface area contributed by atoms with Crippen LogP contribution in [-0.4, -0.2) is 0 Å². The number of benzene rings is 9. The van der Waals surface area contributed by atoms with Crippen molar-refractivity contribution >= 4 is 49.4 Å². The predicted molar refractivity (Wildman–Crippen MR) is 212 cm³/mol. The zero-order valence-corrected chi connectivity index (χ0v) is 27.5. The van der Waals surface area contributed by atoms with Gasteiger partial charge in [-0.05, 0) is 108 Å². The molecule has 0 saturated carbocycles. The molecule has 0 radical (unpaired) electrons. The molecule has 0 heterocycles. The van der Waals surface area contributed by atoms with Crippen LogP contribution in [0.4, 0.5) is 17.1 Å². The van der Waals surface area contributed by atoms with Gasteiger partial charge in [0.25, 0.3) is 0 Å². The van der Waals surface area contributed by atoms with E-state index in [9.17, 15) is 0 Å². The van der Waals surface area contributed by atoms with E-state index in [1.54, 1.807) is 0 Å². The van der Waals surface area contributed by atoms with Crippen LogP contribution in [0.2, 0.25) is 0 Å². The first-order valence-corrected chi connectivity index (χ1v) is 17.4. The van der Waals surface area contributed by atoms with Crippen LogP contribution in [-0.2, 0) is 0 Å². The van der Waals surface area contributed by atoms with Crippen molar-refractivity contribution in [1.29, 1.82) is 0 Å². The van der Waals surface area contributed by atoms with Crippen molar-refractivity contribution in [1.82, 2.24) is 0 Å². The number of hydrogen-bond donors (Lipinski definition) is 0. The molecule has 234 valence electrons. The summed E-state index contributed by atoms with van der Waals surface area (Å²) in [5, 5.41) is 7.72. The summed E-state index contributed by atoms with van der Waals surface area (Å²) in [6.45, 7) is 0. The molecule has 9 aromatic carbocycles. The molecular weight excluding hydrogens is 603 g/mol. The Kier molecular flexibility index (Phi) is 6.63. The Hall–Kier alpha value is -6.44. The van der Waals surface area contributed by atoms with E-state index < -0.39 is 0 Å². The van der Waals surface area contributed by atoms with Crippen LogP contribution in [0.1, 0.15) is 22.6 Å². The predicted octanol–water partition coefficient (Wildman–Crippen LogP) is 13.4. The Bertz CT molecular complexity index is 2680. The van der Waals surface area contributed by atoms with E-state index in [2.05, 4.69) is 199 Å². The van der Waals surface area contributed by atoms with Gasteiger partial charge in [0.1, 0.15) is 0 Å². The number of hydrogen-bond acceptors (Lipinski definition) is 1. The zero-order chi connectivity index (χ0) is 33.0. The van der Waals surface area contributed by atoms with Crippen molar-refractivity contribution in [3.63, 3.8) is 0 Å². The van der Waals surface area contributed by atoms with E-state index in [1.807, 2.05) is 0 Å². The third-order valence-electron chi connectivity index (χ3n) is 10.5. The molecule has 0 aliphatic heterocycles. The van der Waals surface area contributed by atoms with Gasteiger partial charge in [0, 0.05) is 23.0 Å². The van der Waals surface area contributed by atoms with Crippen molar-refractivity contribution in [3.8, 4) is 22.3 Å². The lowest BCUT2D eigenvalue weighted by atomic mass is 9.73. The maximum Gasteiger partial charge on any atom is 0.0468 e. The zero-order valence-electron chi connectivity index (χ0n) is 27.5. The minimum atomic E-state index is 0.126. The van der Waals surface area contributed by atoms with E-state index in [0.717, 1.165) is 17.1 Å². The van der Waals surface area contributed by atoms with Crippen molar-refractivity contribution < 1.29 is 0 Å². The number of fused-ring (bicyclic) bond motifs is 5. The smallest absolute Gasteiger partial charge is 0.0468 e. The average Bonchev–Trinajstić information content (AvgIpc) is 3.19. The summed E-state index contributed by atoms with van der Waals surface area (Å²) in [4.78, 5) is 2.38. The summed E-state index contributed by atoms with van der Waals surface area (Å²) < 4.78 is 0. The van der Waals surface area contributed by atoms with E-state index in [0.29, 0.717) is 0 Å². The van der Waals surface area contributed by atoms with Gasteiger partial charge in [-0.3, -0.25) is 0 Å². The number of rotatable bonds is 5. The molecule has 0 amide bonds. The third kappa shape index (κ3) is 4.63. The molecule has 0 bridgehead atoms. The van der Waals surface area contributed by atoms with Gasteiger partial charge in [0.15, 0.2) is 0 Å². The molecule has 1 aliphatic carbocycles. The summed E-state index contributed by atoms with van der Waals surface area (Å²) in [7, 11) is 0. The molecule has 1 nitrogen and oxygen atoms in total. The van der Waals surface area contributed by atoms with E-state index in [4.69, 9.17) is 0 Å². The molecular formula is C49H33N. The molecule has 1 atom stereocenters. The largest absolute Gasteiger partial charge is 0.310 e. The fourth-order valence-electron chi connectivity index (χ4n) is 8.19. The molecule has 0 fully saturated rings. The maximum atomic E-state index is 2.38. The Morgan fingerprint density at radius 3 is 1.76 bits per heavy atom. The number of nitrogens with zero attached hydrogens (tertiary/aromatic N) is 1. The fourth-order valence-corrected chi connectivity index (χ4v) is 8.19. The van der Waals surface area contributed by atoms with Crippen LogP contribution in [0.15, 0.2) is 194 Å². The lowest BCUT2D eigenvalue weighted by Crippen LogP contribution is -2.12. The highest BCUT2D eigenvalue weighted by atomic mass is 15.1. The highest BCUT2D eigenvalue weighted by molar-refractivity contribution is 6.10. The molecule has 0 N–H and O–H groups in total. The highest BCUT2D eigenvalue weighted by Crippen LogP contribution is 2.50. The summed E-state index contributed by atoms with van der Waals surface area (Å²) in [5.74, 6) is 0.126. The minimum Gasteiger partial charge on any atom is -0.310 e. The fraction of sp³-hybridized carbons (Fsp3) is 0.0204. The second-order valence-electron chi connectivity index (χ2n) is 13.3. The van der Waals surface area contributed by atoms with Gasteiger partial charge in [0.2, 0.25) is 0 Å².